The molecule has 0 aromatic carbocycles. The van der Waals surface area contributed by atoms with Gasteiger partial charge in [0.05, 0.1) is 31.5 Å². The molecule has 1 N–H and O–H groups in total. The molecule has 10 nitrogen and oxygen atoms in total. The number of aromatic nitrogens is 2. The second kappa shape index (κ2) is 7.45. The maximum atomic E-state index is 13.0. The number of amides is 4. The Morgan fingerprint density at radius 1 is 1.06 bits per heavy atom. The first-order valence-corrected chi connectivity index (χ1v) is 11.8. The second-order valence-electron chi connectivity index (χ2n) is 9.14. The van der Waals surface area contributed by atoms with Gasteiger partial charge in [0.2, 0.25) is 28.8 Å². The summed E-state index contributed by atoms with van der Waals surface area (Å²) >= 11 is 1.12. The lowest BCUT2D eigenvalue weighted by atomic mass is 9.63. The van der Waals surface area contributed by atoms with Crippen molar-refractivity contribution in [2.75, 3.05) is 38.2 Å². The van der Waals surface area contributed by atoms with Gasteiger partial charge in [0.15, 0.2) is 0 Å². The highest BCUT2D eigenvalue weighted by atomic mass is 32.1. The summed E-state index contributed by atoms with van der Waals surface area (Å²) in [6.07, 6.45) is 5.42. The number of ether oxygens (including phenoxy) is 1. The maximum Gasteiger partial charge on any atom is 0.246 e. The fraction of sp³-hybridized carbons (Fsp3) is 0.619. The van der Waals surface area contributed by atoms with Crippen molar-refractivity contribution >= 4 is 40.1 Å². The van der Waals surface area contributed by atoms with Crippen molar-refractivity contribution in [1.82, 2.24) is 20.0 Å². The molecule has 4 fully saturated rings. The highest BCUT2D eigenvalue weighted by Gasteiger charge is 2.67. The van der Waals surface area contributed by atoms with E-state index in [4.69, 9.17) is 4.74 Å². The van der Waals surface area contributed by atoms with Gasteiger partial charge in [-0.2, -0.15) is 0 Å². The first-order valence-electron chi connectivity index (χ1n) is 11.0. The maximum absolute atomic E-state index is 13.0. The molecule has 4 aliphatic carbocycles. The molecule has 2 bridgehead atoms. The highest BCUT2D eigenvalue weighted by molar-refractivity contribution is 7.15. The minimum atomic E-state index is -0.488. The van der Waals surface area contributed by atoms with E-state index in [1.807, 2.05) is 0 Å². The fourth-order valence-corrected chi connectivity index (χ4v) is 6.65. The molecule has 32 heavy (non-hydrogen) atoms. The molecule has 3 heterocycles. The zero-order valence-corrected chi connectivity index (χ0v) is 18.1. The standard InChI is InChI=1S/C21H23N5O5S/c27-14(22-21-24-23-15(32-21)8-16(28)25-3-5-31-6-4-25)9-26-19(29)17-10-1-2-11(13-7-12(10)13)18(17)20(26)30/h1-2,10-13,17-18H,3-9H2,(H,22,24,27)/t10-,11-,12-,13-,17+,18+/m1/s1. The van der Waals surface area contributed by atoms with Gasteiger partial charge < -0.3 is 9.64 Å². The number of carbonyl (C=O) groups excluding carboxylic acids is 4. The number of carbonyl (C=O) groups is 4. The van der Waals surface area contributed by atoms with Gasteiger partial charge in [-0.25, -0.2) is 0 Å². The summed E-state index contributed by atoms with van der Waals surface area (Å²) in [5.41, 5.74) is 0. The van der Waals surface area contributed by atoms with Crippen molar-refractivity contribution in [3.63, 3.8) is 0 Å². The van der Waals surface area contributed by atoms with E-state index in [0.717, 1.165) is 22.7 Å². The van der Waals surface area contributed by atoms with E-state index >= 15 is 0 Å². The van der Waals surface area contributed by atoms with Crippen molar-refractivity contribution in [2.45, 2.75) is 12.8 Å². The lowest BCUT2D eigenvalue weighted by Crippen LogP contribution is -2.41. The molecule has 168 valence electrons. The molecule has 7 rings (SSSR count). The molecule has 2 saturated carbocycles. The van der Waals surface area contributed by atoms with Crippen LogP contribution < -0.4 is 5.32 Å². The van der Waals surface area contributed by atoms with E-state index in [1.165, 1.54) is 0 Å². The van der Waals surface area contributed by atoms with Crippen molar-refractivity contribution in [3.8, 4) is 0 Å². The van der Waals surface area contributed by atoms with Crippen molar-refractivity contribution in [3.05, 3.63) is 17.2 Å². The third-order valence-corrected chi connectivity index (χ3v) is 8.27. The molecule has 11 heteroatoms. The van der Waals surface area contributed by atoms with E-state index in [1.54, 1.807) is 4.90 Å². The molecule has 0 unspecified atom stereocenters. The number of hydrogen-bond acceptors (Lipinski definition) is 8. The Bertz CT molecular complexity index is 998. The topological polar surface area (TPSA) is 122 Å². The summed E-state index contributed by atoms with van der Waals surface area (Å²) in [6, 6.07) is 0. The molecular formula is C21H23N5O5S. The molecule has 2 saturated heterocycles. The number of morpholine rings is 1. The van der Waals surface area contributed by atoms with Crippen molar-refractivity contribution in [2.24, 2.45) is 35.5 Å². The van der Waals surface area contributed by atoms with Gasteiger partial charge >= 0.3 is 0 Å². The molecule has 2 aliphatic heterocycles. The monoisotopic (exact) mass is 457 g/mol. The van der Waals surface area contributed by atoms with E-state index in [0.29, 0.717) is 43.1 Å². The molecule has 6 aliphatic rings. The summed E-state index contributed by atoms with van der Waals surface area (Å²) in [5.74, 6) is -0.306. The van der Waals surface area contributed by atoms with E-state index in [-0.39, 0.29) is 59.5 Å². The van der Waals surface area contributed by atoms with Gasteiger partial charge in [-0.1, -0.05) is 23.5 Å². The summed E-state index contributed by atoms with van der Waals surface area (Å²) in [6.45, 7) is 1.84. The van der Waals surface area contributed by atoms with Crippen LogP contribution in [0.4, 0.5) is 5.13 Å². The molecule has 4 amide bonds. The lowest BCUT2D eigenvalue weighted by molar-refractivity contribution is -0.143. The molecule has 1 aromatic rings. The predicted molar refractivity (Wildman–Crippen MR) is 111 cm³/mol. The Morgan fingerprint density at radius 3 is 2.38 bits per heavy atom. The molecule has 6 atom stereocenters. The molecule has 0 spiro atoms. The largest absolute Gasteiger partial charge is 0.378 e. The van der Waals surface area contributed by atoms with Gasteiger partial charge in [0.25, 0.3) is 0 Å². The van der Waals surface area contributed by atoms with Crippen LogP contribution in [0.25, 0.3) is 0 Å². The highest BCUT2D eigenvalue weighted by Crippen LogP contribution is 2.65. The number of likely N-dealkylation sites (tertiary alicyclic amines) is 1. The quantitative estimate of drug-likeness (QED) is 0.485. The van der Waals surface area contributed by atoms with E-state index in [2.05, 4.69) is 27.7 Å². The summed E-state index contributed by atoms with van der Waals surface area (Å²) in [4.78, 5) is 53.7. The van der Waals surface area contributed by atoms with Crippen LogP contribution in [0.1, 0.15) is 11.4 Å². The average molecular weight is 458 g/mol. The van der Waals surface area contributed by atoms with Crippen molar-refractivity contribution in [1.29, 1.82) is 0 Å². The molecule has 1 aromatic heterocycles. The van der Waals surface area contributed by atoms with Crippen LogP contribution in [0.5, 0.6) is 0 Å². The Kier molecular flexibility index (Phi) is 4.65. The Hall–Kier alpha value is -2.66. The SMILES string of the molecule is O=C(CN1C(=O)[C@H]2[C@@H]3C=C[C@H]([C@H]4C[C@H]34)[C@@H]2C1=O)Nc1nnc(CC(=O)N2CCOCC2)s1. The molecular weight excluding hydrogens is 434 g/mol. The first kappa shape index (κ1) is 20.0. The lowest BCUT2D eigenvalue weighted by Gasteiger charge is -2.37. The van der Waals surface area contributed by atoms with Crippen LogP contribution in [0.15, 0.2) is 12.2 Å². The van der Waals surface area contributed by atoms with Gasteiger partial charge in [-0.3, -0.25) is 29.4 Å². The zero-order valence-electron chi connectivity index (χ0n) is 17.3. The third kappa shape index (κ3) is 3.17. The summed E-state index contributed by atoms with van der Waals surface area (Å²) in [7, 11) is 0. The van der Waals surface area contributed by atoms with Crippen LogP contribution in [0, 0.1) is 35.5 Å². The van der Waals surface area contributed by atoms with Gasteiger partial charge in [-0.05, 0) is 30.1 Å². The number of rotatable bonds is 5. The Morgan fingerprint density at radius 2 is 1.72 bits per heavy atom. The minimum absolute atomic E-state index is 0.0560. The van der Waals surface area contributed by atoms with Gasteiger partial charge in [-0.15, -0.1) is 10.2 Å². The summed E-state index contributed by atoms with van der Waals surface area (Å²) in [5, 5.41) is 11.3. The number of hydrogen-bond donors (Lipinski definition) is 1. The Labute approximate surface area is 188 Å². The first-order chi connectivity index (χ1) is 15.5. The number of anilines is 1. The van der Waals surface area contributed by atoms with Crippen LogP contribution in [0.3, 0.4) is 0 Å². The minimum Gasteiger partial charge on any atom is -0.378 e. The van der Waals surface area contributed by atoms with Gasteiger partial charge in [0.1, 0.15) is 11.6 Å². The summed E-state index contributed by atoms with van der Waals surface area (Å²) < 4.78 is 5.25. The van der Waals surface area contributed by atoms with Gasteiger partial charge in [0, 0.05) is 13.1 Å². The second-order valence-corrected chi connectivity index (χ2v) is 10.2. The fourth-order valence-electron chi connectivity index (χ4n) is 5.91. The van der Waals surface area contributed by atoms with Crippen LogP contribution in [0.2, 0.25) is 0 Å². The molecule has 0 radical (unpaired) electrons. The Balaban J connectivity index is 1.07. The average Bonchev–Trinajstić information content (AvgIpc) is 3.47. The third-order valence-electron chi connectivity index (χ3n) is 7.44. The zero-order chi connectivity index (χ0) is 22.0. The number of imide groups is 1. The van der Waals surface area contributed by atoms with E-state index < -0.39 is 5.91 Å². The predicted octanol–water partition coefficient (Wildman–Crippen LogP) is -0.0690. The number of nitrogens with zero attached hydrogens (tertiary/aromatic N) is 4. The smallest absolute Gasteiger partial charge is 0.246 e. The number of allylic oxidation sites excluding steroid dienone is 2. The normalized spacial score (nSPS) is 34.5. The van der Waals surface area contributed by atoms with Crippen LogP contribution in [-0.4, -0.2) is 76.5 Å². The van der Waals surface area contributed by atoms with Crippen molar-refractivity contribution < 1.29 is 23.9 Å². The van der Waals surface area contributed by atoms with Crippen LogP contribution >= 0.6 is 11.3 Å². The van der Waals surface area contributed by atoms with Crippen LogP contribution in [-0.2, 0) is 30.3 Å². The van der Waals surface area contributed by atoms with E-state index in [9.17, 15) is 19.2 Å². The number of nitrogens with one attached hydrogen (secondary N) is 1.